The number of halogens is 1. The number of alkyl halides is 1. The van der Waals surface area contributed by atoms with Crippen LogP contribution < -0.4 is 0 Å². The van der Waals surface area contributed by atoms with Crippen LogP contribution in [0.4, 0.5) is 4.39 Å². The molecular formula is C8H14FN. The predicted octanol–water partition coefficient (Wildman–Crippen LogP) is 1.58. The van der Waals surface area contributed by atoms with Gasteiger partial charge >= 0.3 is 0 Å². The van der Waals surface area contributed by atoms with Crippen molar-refractivity contribution in [3.05, 3.63) is 0 Å². The summed E-state index contributed by atoms with van der Waals surface area (Å²) in [7, 11) is 0. The molecule has 0 unspecified atom stereocenters. The van der Waals surface area contributed by atoms with E-state index in [1.165, 1.54) is 6.42 Å². The van der Waals surface area contributed by atoms with Gasteiger partial charge in [0.05, 0.1) is 0 Å². The molecule has 2 heteroatoms. The van der Waals surface area contributed by atoms with Gasteiger partial charge in [-0.1, -0.05) is 6.92 Å². The molecule has 2 aliphatic rings. The Bertz CT molecular complexity index is 144. The minimum absolute atomic E-state index is 0.305. The third-order valence-electron chi connectivity index (χ3n) is 3.20. The van der Waals surface area contributed by atoms with Crippen LogP contribution in [-0.2, 0) is 0 Å². The van der Waals surface area contributed by atoms with E-state index < -0.39 is 6.17 Å². The molecule has 0 aliphatic carbocycles. The van der Waals surface area contributed by atoms with E-state index in [4.69, 9.17) is 0 Å². The van der Waals surface area contributed by atoms with Crippen molar-refractivity contribution in [2.24, 2.45) is 0 Å². The van der Waals surface area contributed by atoms with Crippen LogP contribution in [0, 0.1) is 0 Å². The van der Waals surface area contributed by atoms with E-state index in [9.17, 15) is 4.39 Å². The summed E-state index contributed by atoms with van der Waals surface area (Å²) in [5, 5.41) is 0. The summed E-state index contributed by atoms with van der Waals surface area (Å²) < 4.78 is 12.9. The second-order valence-electron chi connectivity index (χ2n) is 3.58. The molecule has 2 fully saturated rings. The third kappa shape index (κ3) is 0.656. The average Bonchev–Trinajstić information content (AvgIpc) is 2.11. The fourth-order valence-corrected chi connectivity index (χ4v) is 2.36. The van der Waals surface area contributed by atoms with Crippen molar-refractivity contribution >= 4 is 0 Å². The number of nitrogens with zero attached hydrogens (tertiary/aromatic N) is 1. The largest absolute Gasteiger partial charge is 0.295 e. The summed E-state index contributed by atoms with van der Waals surface area (Å²) in [5.41, 5.74) is 0.305. The molecule has 2 rings (SSSR count). The molecule has 1 nitrogen and oxygen atoms in total. The van der Waals surface area contributed by atoms with Crippen molar-refractivity contribution in [2.45, 2.75) is 37.9 Å². The molecule has 2 aliphatic heterocycles. The maximum Gasteiger partial charge on any atom is 0.115 e. The Balaban J connectivity index is 2.10. The van der Waals surface area contributed by atoms with Gasteiger partial charge in [-0.05, 0) is 19.3 Å². The molecule has 10 heavy (non-hydrogen) atoms. The van der Waals surface area contributed by atoms with Crippen LogP contribution in [-0.4, -0.2) is 29.7 Å². The number of rotatable bonds is 1. The van der Waals surface area contributed by atoms with Gasteiger partial charge in [-0.25, -0.2) is 4.39 Å². The topological polar surface area (TPSA) is 3.24 Å². The molecule has 0 bridgehead atoms. The van der Waals surface area contributed by atoms with E-state index in [1.807, 2.05) is 0 Å². The lowest BCUT2D eigenvalue weighted by atomic mass is 9.82. The molecule has 2 saturated heterocycles. The molecule has 0 saturated carbocycles. The Kier molecular flexibility index (Phi) is 1.28. The van der Waals surface area contributed by atoms with Crippen LogP contribution >= 0.6 is 0 Å². The fraction of sp³-hybridized carbons (Fsp3) is 1.00. The molecule has 0 aromatic carbocycles. The van der Waals surface area contributed by atoms with Gasteiger partial charge in [-0.15, -0.1) is 0 Å². The van der Waals surface area contributed by atoms with Crippen molar-refractivity contribution in [2.75, 3.05) is 13.1 Å². The van der Waals surface area contributed by atoms with Crippen LogP contribution in [0.25, 0.3) is 0 Å². The van der Waals surface area contributed by atoms with Crippen molar-refractivity contribution < 1.29 is 4.39 Å². The highest BCUT2D eigenvalue weighted by Gasteiger charge is 2.50. The van der Waals surface area contributed by atoms with E-state index in [0.717, 1.165) is 19.4 Å². The smallest absolute Gasteiger partial charge is 0.115 e. The van der Waals surface area contributed by atoms with Crippen LogP contribution in [0.2, 0.25) is 0 Å². The molecule has 2 heterocycles. The summed E-state index contributed by atoms with van der Waals surface area (Å²) in [4.78, 5) is 2.30. The first-order valence-corrected chi connectivity index (χ1v) is 4.16. The second kappa shape index (κ2) is 1.94. The van der Waals surface area contributed by atoms with Gasteiger partial charge in [-0.2, -0.15) is 0 Å². The minimum atomic E-state index is -0.539. The first-order valence-electron chi connectivity index (χ1n) is 4.16. The highest BCUT2D eigenvalue weighted by molar-refractivity contribution is 5.05. The highest BCUT2D eigenvalue weighted by Crippen LogP contribution is 2.43. The zero-order valence-corrected chi connectivity index (χ0v) is 6.44. The zero-order chi connectivity index (χ0) is 7.19. The van der Waals surface area contributed by atoms with Crippen LogP contribution in [0.3, 0.4) is 0 Å². The second-order valence-corrected chi connectivity index (χ2v) is 3.58. The average molecular weight is 143 g/mol. The molecule has 58 valence electrons. The van der Waals surface area contributed by atoms with Crippen molar-refractivity contribution in [1.29, 1.82) is 0 Å². The SMILES string of the molecule is CC[C@@]12CCN1C[C@H](F)C2. The molecule has 0 aromatic heterocycles. The summed E-state index contributed by atoms with van der Waals surface area (Å²) in [6, 6.07) is 0. The van der Waals surface area contributed by atoms with E-state index >= 15 is 0 Å². The van der Waals surface area contributed by atoms with E-state index in [0.29, 0.717) is 12.1 Å². The third-order valence-corrected chi connectivity index (χ3v) is 3.20. The van der Waals surface area contributed by atoms with Gasteiger partial charge in [-0.3, -0.25) is 4.90 Å². The Morgan fingerprint density at radius 1 is 1.70 bits per heavy atom. The van der Waals surface area contributed by atoms with E-state index in [2.05, 4.69) is 11.8 Å². The monoisotopic (exact) mass is 143 g/mol. The first-order chi connectivity index (χ1) is 4.77. The van der Waals surface area contributed by atoms with Crippen molar-refractivity contribution in [3.8, 4) is 0 Å². The molecule has 0 amide bonds. The fourth-order valence-electron chi connectivity index (χ4n) is 2.36. The Morgan fingerprint density at radius 3 is 2.80 bits per heavy atom. The van der Waals surface area contributed by atoms with Gasteiger partial charge < -0.3 is 0 Å². The maximum atomic E-state index is 12.9. The van der Waals surface area contributed by atoms with Gasteiger partial charge in [0.15, 0.2) is 0 Å². The first kappa shape index (κ1) is 6.59. The van der Waals surface area contributed by atoms with Crippen LogP contribution in [0.5, 0.6) is 0 Å². The number of fused-ring (bicyclic) bond motifs is 1. The standard InChI is InChI=1S/C8H14FN/c1-2-8-3-4-10(8)6-7(9)5-8/h7H,2-6H2,1H3/t7-,8+/m1/s1. The van der Waals surface area contributed by atoms with Crippen molar-refractivity contribution in [3.63, 3.8) is 0 Å². The van der Waals surface area contributed by atoms with Gasteiger partial charge in [0.1, 0.15) is 6.17 Å². The summed E-state index contributed by atoms with van der Waals surface area (Å²) in [6.07, 6.45) is 2.61. The minimum Gasteiger partial charge on any atom is -0.295 e. The van der Waals surface area contributed by atoms with Gasteiger partial charge in [0.25, 0.3) is 0 Å². The molecule has 0 radical (unpaired) electrons. The normalized spacial score (nSPS) is 46.8. The maximum absolute atomic E-state index is 12.9. The van der Waals surface area contributed by atoms with Crippen LogP contribution in [0.1, 0.15) is 26.2 Å². The molecule has 0 spiro atoms. The van der Waals surface area contributed by atoms with Crippen molar-refractivity contribution in [1.82, 2.24) is 4.90 Å². The summed E-state index contributed by atoms with van der Waals surface area (Å²) in [5.74, 6) is 0. The molecular weight excluding hydrogens is 129 g/mol. The van der Waals surface area contributed by atoms with Gasteiger partial charge in [0, 0.05) is 18.6 Å². The molecule has 0 aromatic rings. The lowest BCUT2D eigenvalue weighted by molar-refractivity contribution is 0.0244. The highest BCUT2D eigenvalue weighted by atomic mass is 19.1. The zero-order valence-electron chi connectivity index (χ0n) is 6.44. The van der Waals surface area contributed by atoms with E-state index in [1.54, 1.807) is 0 Å². The number of hydrogen-bond acceptors (Lipinski definition) is 1. The van der Waals surface area contributed by atoms with Gasteiger partial charge in [0.2, 0.25) is 0 Å². The lowest BCUT2D eigenvalue weighted by Crippen LogP contribution is -2.54. The Morgan fingerprint density at radius 2 is 2.50 bits per heavy atom. The molecule has 0 N–H and O–H groups in total. The summed E-state index contributed by atoms with van der Waals surface area (Å²) in [6.45, 7) is 4.01. The summed E-state index contributed by atoms with van der Waals surface area (Å²) >= 11 is 0. The predicted molar refractivity (Wildman–Crippen MR) is 38.7 cm³/mol. The van der Waals surface area contributed by atoms with E-state index in [-0.39, 0.29) is 0 Å². The Hall–Kier alpha value is -0.110. The van der Waals surface area contributed by atoms with Crippen LogP contribution in [0.15, 0.2) is 0 Å². The molecule has 2 atom stereocenters. The Labute approximate surface area is 61.2 Å². The number of hydrogen-bond donors (Lipinski definition) is 0. The quantitative estimate of drug-likeness (QED) is 0.538. The lowest BCUT2D eigenvalue weighted by Gasteiger charge is -2.47.